The van der Waals surface area contributed by atoms with E-state index < -0.39 is 10.8 Å². The first kappa shape index (κ1) is 32.9. The van der Waals surface area contributed by atoms with E-state index in [1.165, 1.54) is 18.1 Å². The van der Waals surface area contributed by atoms with Gasteiger partial charge < -0.3 is 19.9 Å². The number of halogens is 2. The van der Waals surface area contributed by atoms with Crippen molar-refractivity contribution in [1.29, 1.82) is 5.26 Å². The molecule has 47 heavy (non-hydrogen) atoms. The largest absolute Gasteiger partial charge is 0.360 e. The molecule has 0 radical (unpaired) electrons. The van der Waals surface area contributed by atoms with Crippen molar-refractivity contribution >= 4 is 31.9 Å². The number of nitrogens with one attached hydrogen (secondary N) is 4. The van der Waals surface area contributed by atoms with Gasteiger partial charge in [0, 0.05) is 72.3 Å². The van der Waals surface area contributed by atoms with Gasteiger partial charge in [0.15, 0.2) is 0 Å². The molecule has 0 aliphatic carbocycles. The highest BCUT2D eigenvalue weighted by molar-refractivity contribution is 9.10. The maximum Gasteiger partial charge on any atom is 0.0723 e. The SMILES string of the molecule is CC#N.CC1(C)c2ccc([nH]2)C(C)(c2ccc(Br)cc2)c2ccc([nH]2)C(C)(C)c2ccc([nH]2)C(C)(c2ccc(Br)cc2)c2ccc1[nH]2. The molecule has 240 valence electrons. The van der Waals surface area contributed by atoms with Crippen molar-refractivity contribution in [2.45, 2.75) is 70.1 Å². The summed E-state index contributed by atoms with van der Waals surface area (Å²) >= 11 is 7.28. The van der Waals surface area contributed by atoms with Crippen LogP contribution in [0.1, 0.15) is 105 Å². The van der Waals surface area contributed by atoms with Gasteiger partial charge in [0.05, 0.1) is 16.9 Å². The molecule has 4 aromatic heterocycles. The first-order valence-corrected chi connectivity index (χ1v) is 17.5. The zero-order valence-corrected chi connectivity index (χ0v) is 31.1. The summed E-state index contributed by atoms with van der Waals surface area (Å²) in [4.78, 5) is 15.6. The van der Waals surface area contributed by atoms with Crippen LogP contribution in [0.4, 0.5) is 0 Å². The Kier molecular flexibility index (Phi) is 8.35. The highest BCUT2D eigenvalue weighted by Gasteiger charge is 2.40. The summed E-state index contributed by atoms with van der Waals surface area (Å²) in [6.07, 6.45) is 0. The Labute approximate surface area is 294 Å². The van der Waals surface area contributed by atoms with Crippen molar-refractivity contribution in [1.82, 2.24) is 19.9 Å². The van der Waals surface area contributed by atoms with Crippen LogP contribution in [0.5, 0.6) is 0 Å². The van der Waals surface area contributed by atoms with E-state index in [-0.39, 0.29) is 10.8 Å². The maximum absolute atomic E-state index is 7.32. The Morgan fingerprint density at radius 3 is 0.872 bits per heavy atom. The van der Waals surface area contributed by atoms with Gasteiger partial charge >= 0.3 is 0 Å². The Morgan fingerprint density at radius 1 is 0.426 bits per heavy atom. The normalized spacial score (nSPS) is 20.9. The number of nitrogens with zero attached hydrogens (tertiary/aromatic N) is 1. The molecular formula is C40H41Br2N5. The van der Waals surface area contributed by atoms with Crippen LogP contribution in [0.25, 0.3) is 0 Å². The van der Waals surface area contributed by atoms with E-state index in [2.05, 4.69) is 190 Å². The number of aromatic amines is 4. The molecule has 0 spiro atoms. The average molecular weight is 752 g/mol. The second-order valence-electron chi connectivity index (χ2n) is 13.9. The molecule has 8 bridgehead atoms. The highest BCUT2D eigenvalue weighted by Crippen LogP contribution is 2.45. The fourth-order valence-corrected chi connectivity index (χ4v) is 7.50. The van der Waals surface area contributed by atoms with Gasteiger partial charge in [-0.1, -0.05) is 56.1 Å². The summed E-state index contributed by atoms with van der Waals surface area (Å²) in [7, 11) is 0. The lowest BCUT2D eigenvalue weighted by Gasteiger charge is -2.32. The van der Waals surface area contributed by atoms with Gasteiger partial charge in [0.1, 0.15) is 0 Å². The molecule has 0 atom stereocenters. The highest BCUT2D eigenvalue weighted by atomic mass is 79.9. The van der Waals surface area contributed by atoms with Crippen LogP contribution in [0, 0.1) is 11.3 Å². The first-order chi connectivity index (χ1) is 22.3. The van der Waals surface area contributed by atoms with Gasteiger partial charge in [0.2, 0.25) is 0 Å². The minimum Gasteiger partial charge on any atom is -0.360 e. The van der Waals surface area contributed by atoms with Gasteiger partial charge in [0.25, 0.3) is 0 Å². The third kappa shape index (κ3) is 5.36. The Hall–Kier alpha value is -3.99. The summed E-state index contributed by atoms with van der Waals surface area (Å²) in [5.41, 5.74) is 10.2. The lowest BCUT2D eigenvalue weighted by molar-refractivity contribution is 0.563. The summed E-state index contributed by atoms with van der Waals surface area (Å²) in [6, 6.07) is 37.2. The van der Waals surface area contributed by atoms with Crippen molar-refractivity contribution in [2.24, 2.45) is 0 Å². The van der Waals surface area contributed by atoms with Crippen LogP contribution >= 0.6 is 31.9 Å². The minimum absolute atomic E-state index is 0.293. The second kappa shape index (κ2) is 11.9. The van der Waals surface area contributed by atoms with Crippen LogP contribution in [-0.2, 0) is 21.7 Å². The predicted octanol–water partition coefficient (Wildman–Crippen LogP) is 10.7. The Morgan fingerprint density at radius 2 is 0.638 bits per heavy atom. The number of hydrogen-bond donors (Lipinski definition) is 4. The van der Waals surface area contributed by atoms with Gasteiger partial charge in [-0.25, -0.2) is 0 Å². The van der Waals surface area contributed by atoms with Gasteiger partial charge in [-0.05, 0) is 125 Å². The van der Waals surface area contributed by atoms with E-state index in [0.717, 1.165) is 54.5 Å². The molecule has 5 nitrogen and oxygen atoms in total. The lowest BCUT2D eigenvalue weighted by atomic mass is 9.77. The number of hydrogen-bond acceptors (Lipinski definition) is 1. The third-order valence-corrected chi connectivity index (χ3v) is 11.5. The van der Waals surface area contributed by atoms with Crippen molar-refractivity contribution in [3.63, 3.8) is 0 Å². The quantitative estimate of drug-likeness (QED) is 0.140. The molecule has 7 heteroatoms. The van der Waals surface area contributed by atoms with Gasteiger partial charge in [-0.15, -0.1) is 0 Å². The summed E-state index contributed by atoms with van der Waals surface area (Å²) in [5.74, 6) is 0. The maximum atomic E-state index is 7.32. The molecule has 7 rings (SSSR count). The molecule has 1 aliphatic rings. The number of benzene rings is 2. The summed E-state index contributed by atoms with van der Waals surface area (Å²) in [6.45, 7) is 15.2. The van der Waals surface area contributed by atoms with Crippen molar-refractivity contribution in [2.75, 3.05) is 0 Å². The first-order valence-electron chi connectivity index (χ1n) is 15.9. The van der Waals surface area contributed by atoms with Crippen LogP contribution < -0.4 is 0 Å². The van der Waals surface area contributed by atoms with E-state index in [9.17, 15) is 0 Å². The van der Waals surface area contributed by atoms with Crippen LogP contribution in [0.2, 0.25) is 0 Å². The summed E-state index contributed by atoms with van der Waals surface area (Å²) < 4.78 is 2.14. The molecular weight excluding hydrogens is 710 g/mol. The molecule has 0 fully saturated rings. The van der Waals surface area contributed by atoms with Crippen LogP contribution in [0.15, 0.2) is 106 Å². The molecule has 0 saturated heterocycles. The number of rotatable bonds is 2. The van der Waals surface area contributed by atoms with E-state index in [0.29, 0.717) is 0 Å². The van der Waals surface area contributed by atoms with Gasteiger partial charge in [-0.3, -0.25) is 0 Å². The zero-order valence-electron chi connectivity index (χ0n) is 27.9. The Balaban J connectivity index is 0.00000124. The smallest absolute Gasteiger partial charge is 0.0723 e. The molecule has 6 aromatic rings. The lowest BCUT2D eigenvalue weighted by Crippen LogP contribution is -2.29. The monoisotopic (exact) mass is 749 g/mol. The average Bonchev–Trinajstić information content (AvgIpc) is 3.87. The van der Waals surface area contributed by atoms with Crippen LogP contribution in [0.3, 0.4) is 0 Å². The molecule has 0 amide bonds. The fourth-order valence-electron chi connectivity index (χ4n) is 6.97. The zero-order chi connectivity index (χ0) is 33.8. The molecule has 0 unspecified atom stereocenters. The molecule has 2 aromatic carbocycles. The van der Waals surface area contributed by atoms with E-state index in [1.807, 2.05) is 0 Å². The van der Waals surface area contributed by atoms with Crippen molar-refractivity contribution in [3.8, 4) is 6.07 Å². The van der Waals surface area contributed by atoms with E-state index in [1.54, 1.807) is 6.07 Å². The minimum atomic E-state index is -0.428. The molecule has 4 N–H and O–H groups in total. The topological polar surface area (TPSA) is 86.9 Å². The predicted molar refractivity (Wildman–Crippen MR) is 198 cm³/mol. The summed E-state index contributed by atoms with van der Waals surface area (Å²) in [5, 5.41) is 7.32. The third-order valence-electron chi connectivity index (χ3n) is 10.4. The van der Waals surface area contributed by atoms with Crippen molar-refractivity contribution in [3.05, 3.63) is 163 Å². The fraction of sp³-hybridized carbons (Fsp3) is 0.275. The van der Waals surface area contributed by atoms with Gasteiger partial charge in [-0.2, -0.15) is 5.26 Å². The van der Waals surface area contributed by atoms with E-state index in [4.69, 9.17) is 5.26 Å². The number of H-pyrrole nitrogens is 4. The molecule has 1 aliphatic heterocycles. The molecule has 5 heterocycles. The van der Waals surface area contributed by atoms with E-state index >= 15 is 0 Å². The number of fused-ring (bicyclic) bond motifs is 8. The number of nitriles is 1. The van der Waals surface area contributed by atoms with Crippen molar-refractivity contribution < 1.29 is 0 Å². The molecule has 0 saturated carbocycles. The standard InChI is InChI=1S/C38H38Br2N4.C2H3N/c1-35(2)27-15-19-31(41-27)37(5,23-7-11-25(39)12-8-23)33-21-17-29(43-33)36(3,4)30-18-22-34(44-30)38(6,32-20-16-28(35)42-32)24-9-13-26(40)14-10-24;1-2-3/h7-22,41-44H,1-6H3;1H3. The Bertz CT molecular complexity index is 1830. The van der Waals surface area contributed by atoms with Crippen LogP contribution in [-0.4, -0.2) is 19.9 Å². The second-order valence-corrected chi connectivity index (χ2v) is 15.7. The number of aromatic nitrogens is 4.